The molecule has 3 aromatic rings. The van der Waals surface area contributed by atoms with Gasteiger partial charge in [-0.15, -0.1) is 0 Å². The monoisotopic (exact) mass is 449 g/mol. The van der Waals surface area contributed by atoms with Crippen molar-refractivity contribution in [2.75, 3.05) is 23.3 Å². The number of carbonyl (C=O) groups excluding carboxylic acids is 1. The number of ether oxygens (including phenoxy) is 1. The number of anilines is 2. The largest absolute Gasteiger partial charge is 0.487 e. The van der Waals surface area contributed by atoms with Crippen LogP contribution in [0.1, 0.15) is 16.1 Å². The molecule has 1 amide bonds. The van der Waals surface area contributed by atoms with Crippen LogP contribution in [0.15, 0.2) is 53.6 Å². The van der Waals surface area contributed by atoms with Crippen molar-refractivity contribution in [2.24, 2.45) is 0 Å². The minimum atomic E-state index is -4.70. The Labute approximate surface area is 177 Å². The van der Waals surface area contributed by atoms with Gasteiger partial charge in [-0.25, -0.2) is 4.39 Å². The number of amides is 1. The Morgan fingerprint density at radius 3 is 2.62 bits per heavy atom. The number of benzene rings is 1. The highest BCUT2D eigenvalue weighted by Gasteiger charge is 2.34. The average Bonchev–Trinajstić information content (AvgIpc) is 2.70. The van der Waals surface area contributed by atoms with E-state index in [0.717, 1.165) is 12.1 Å². The van der Waals surface area contributed by atoms with Crippen molar-refractivity contribution < 1.29 is 27.1 Å². The molecule has 12 heteroatoms. The summed E-state index contributed by atoms with van der Waals surface area (Å²) in [5.41, 5.74) is -0.859. The van der Waals surface area contributed by atoms with Crippen molar-refractivity contribution in [1.82, 2.24) is 15.2 Å². The molecule has 0 atom stereocenters. The average molecular weight is 449 g/mol. The summed E-state index contributed by atoms with van der Waals surface area (Å²) in [5.74, 6) is -1.89. The standard InChI is InChI=1S/C20H15F4N5O3/c21-12-5-11(20(22,23)24)6-14(7-12)32-15-9-29(10-15)16-1-2-17(30)28-18(16)19(31)27-13-3-4-25-26-8-13/h1-8,15H,9-10H2,(H,28,30)(H,25,27,31). The summed E-state index contributed by atoms with van der Waals surface area (Å²) in [6.07, 6.45) is -2.52. The van der Waals surface area contributed by atoms with Crippen LogP contribution in [0.2, 0.25) is 0 Å². The number of aromatic nitrogens is 3. The fraction of sp³-hybridized carbons (Fsp3) is 0.200. The van der Waals surface area contributed by atoms with Crippen LogP contribution in [0, 0.1) is 5.82 Å². The lowest BCUT2D eigenvalue weighted by atomic mass is 10.1. The highest BCUT2D eigenvalue weighted by molar-refractivity contribution is 6.06. The van der Waals surface area contributed by atoms with E-state index in [1.54, 1.807) is 4.90 Å². The van der Waals surface area contributed by atoms with Crippen LogP contribution >= 0.6 is 0 Å². The molecule has 4 rings (SSSR count). The minimum absolute atomic E-state index is 0.00197. The van der Waals surface area contributed by atoms with Gasteiger partial charge in [0.1, 0.15) is 23.4 Å². The lowest BCUT2D eigenvalue weighted by Crippen LogP contribution is -2.54. The van der Waals surface area contributed by atoms with Gasteiger partial charge in [0, 0.05) is 12.1 Å². The highest BCUT2D eigenvalue weighted by Crippen LogP contribution is 2.33. The maximum absolute atomic E-state index is 13.6. The van der Waals surface area contributed by atoms with Crippen molar-refractivity contribution in [1.29, 1.82) is 0 Å². The Balaban J connectivity index is 1.47. The zero-order chi connectivity index (χ0) is 22.9. The maximum atomic E-state index is 13.6. The molecule has 3 heterocycles. The molecule has 0 spiro atoms. The normalized spacial score (nSPS) is 14.1. The lowest BCUT2D eigenvalue weighted by molar-refractivity contribution is -0.137. The highest BCUT2D eigenvalue weighted by atomic mass is 19.4. The molecule has 2 N–H and O–H groups in total. The first-order chi connectivity index (χ1) is 15.2. The SMILES string of the molecule is O=C(Nc1ccnnc1)c1[nH]c(=O)ccc1N1CC(Oc2cc(F)cc(C(F)(F)F)c2)C1. The first-order valence-corrected chi connectivity index (χ1v) is 9.30. The fourth-order valence-electron chi connectivity index (χ4n) is 3.16. The molecular formula is C20H15F4N5O3. The van der Waals surface area contributed by atoms with E-state index in [2.05, 4.69) is 20.5 Å². The lowest BCUT2D eigenvalue weighted by Gasteiger charge is -2.41. The van der Waals surface area contributed by atoms with E-state index in [9.17, 15) is 27.2 Å². The summed E-state index contributed by atoms with van der Waals surface area (Å²) in [7, 11) is 0. The number of nitrogens with one attached hydrogen (secondary N) is 2. The number of aromatic amines is 1. The van der Waals surface area contributed by atoms with Gasteiger partial charge in [-0.2, -0.15) is 23.4 Å². The first kappa shape index (κ1) is 21.3. The predicted octanol–water partition coefficient (Wildman–Crippen LogP) is 2.84. The van der Waals surface area contributed by atoms with Crippen molar-refractivity contribution in [2.45, 2.75) is 12.3 Å². The second-order valence-electron chi connectivity index (χ2n) is 6.99. The Hall–Kier alpha value is -3.96. The molecule has 1 saturated heterocycles. The van der Waals surface area contributed by atoms with Gasteiger partial charge in [0.15, 0.2) is 0 Å². The molecule has 0 bridgehead atoms. The molecule has 1 fully saturated rings. The summed E-state index contributed by atoms with van der Waals surface area (Å²) in [6, 6.07) is 6.22. The molecule has 1 aliphatic rings. The molecule has 8 nitrogen and oxygen atoms in total. The Kier molecular flexibility index (Phi) is 5.51. The number of alkyl halides is 3. The summed E-state index contributed by atoms with van der Waals surface area (Å²) in [6.45, 7) is 0.419. The van der Waals surface area contributed by atoms with E-state index in [4.69, 9.17) is 4.74 Å². The second-order valence-corrected chi connectivity index (χ2v) is 6.99. The number of hydrogen-bond acceptors (Lipinski definition) is 6. The van der Waals surface area contributed by atoms with E-state index in [1.165, 1.54) is 30.6 Å². The van der Waals surface area contributed by atoms with E-state index in [-0.39, 0.29) is 24.5 Å². The number of carbonyl (C=O) groups is 1. The quantitative estimate of drug-likeness (QED) is 0.581. The van der Waals surface area contributed by atoms with Crippen molar-refractivity contribution in [3.63, 3.8) is 0 Å². The van der Waals surface area contributed by atoms with Gasteiger partial charge in [0.2, 0.25) is 5.56 Å². The van der Waals surface area contributed by atoms with E-state index >= 15 is 0 Å². The van der Waals surface area contributed by atoms with Crippen LogP contribution in [-0.2, 0) is 6.18 Å². The Bertz CT molecular complexity index is 1190. The van der Waals surface area contributed by atoms with Gasteiger partial charge in [0.05, 0.1) is 42.4 Å². The molecule has 0 saturated carbocycles. The number of nitrogens with zero attached hydrogens (tertiary/aromatic N) is 3. The number of H-pyrrole nitrogens is 1. The summed E-state index contributed by atoms with van der Waals surface area (Å²) < 4.78 is 57.6. The molecule has 2 aromatic heterocycles. The topological polar surface area (TPSA) is 100 Å². The number of pyridine rings is 1. The second kappa shape index (κ2) is 8.29. The molecule has 166 valence electrons. The molecule has 32 heavy (non-hydrogen) atoms. The van der Waals surface area contributed by atoms with Crippen LogP contribution in [0.5, 0.6) is 5.75 Å². The van der Waals surface area contributed by atoms with Gasteiger partial charge >= 0.3 is 6.18 Å². The number of hydrogen-bond donors (Lipinski definition) is 2. The summed E-state index contributed by atoms with van der Waals surface area (Å²) in [5, 5.41) is 9.85. The summed E-state index contributed by atoms with van der Waals surface area (Å²) in [4.78, 5) is 28.6. The van der Waals surface area contributed by atoms with Crippen molar-refractivity contribution in [3.05, 3.63) is 76.2 Å². The third kappa shape index (κ3) is 4.68. The number of halogens is 4. The molecule has 0 unspecified atom stereocenters. The van der Waals surface area contributed by atoms with Crippen LogP contribution in [0.4, 0.5) is 28.9 Å². The maximum Gasteiger partial charge on any atom is 0.416 e. The van der Waals surface area contributed by atoms with Crippen LogP contribution in [-0.4, -0.2) is 40.3 Å². The third-order valence-electron chi connectivity index (χ3n) is 4.66. The van der Waals surface area contributed by atoms with E-state index < -0.39 is 35.1 Å². The van der Waals surface area contributed by atoms with Gasteiger partial charge in [-0.1, -0.05) is 0 Å². The fourth-order valence-corrected chi connectivity index (χ4v) is 3.16. The minimum Gasteiger partial charge on any atom is -0.487 e. The Morgan fingerprint density at radius 2 is 1.94 bits per heavy atom. The molecule has 1 aliphatic heterocycles. The smallest absolute Gasteiger partial charge is 0.416 e. The van der Waals surface area contributed by atoms with Gasteiger partial charge in [-0.3, -0.25) is 9.59 Å². The number of rotatable bonds is 5. The van der Waals surface area contributed by atoms with Crippen molar-refractivity contribution >= 4 is 17.3 Å². The van der Waals surface area contributed by atoms with Crippen LogP contribution in [0.25, 0.3) is 0 Å². The zero-order valence-electron chi connectivity index (χ0n) is 16.2. The third-order valence-corrected chi connectivity index (χ3v) is 4.66. The Morgan fingerprint density at radius 1 is 1.16 bits per heavy atom. The molecule has 1 aromatic carbocycles. The van der Waals surface area contributed by atoms with Gasteiger partial charge in [0.25, 0.3) is 5.91 Å². The van der Waals surface area contributed by atoms with Gasteiger partial charge in [-0.05, 0) is 24.3 Å². The van der Waals surface area contributed by atoms with Crippen molar-refractivity contribution in [3.8, 4) is 5.75 Å². The van der Waals surface area contributed by atoms with Crippen LogP contribution in [0.3, 0.4) is 0 Å². The van der Waals surface area contributed by atoms with E-state index in [1.807, 2.05) is 0 Å². The van der Waals surface area contributed by atoms with Gasteiger partial charge < -0.3 is 19.9 Å². The zero-order valence-corrected chi connectivity index (χ0v) is 16.2. The van der Waals surface area contributed by atoms with E-state index in [0.29, 0.717) is 17.4 Å². The summed E-state index contributed by atoms with van der Waals surface area (Å²) >= 11 is 0. The molecule has 0 radical (unpaired) electrons. The first-order valence-electron chi connectivity index (χ1n) is 9.30. The predicted molar refractivity (Wildman–Crippen MR) is 105 cm³/mol. The van der Waals surface area contributed by atoms with Crippen LogP contribution < -0.4 is 20.5 Å². The molecule has 0 aliphatic carbocycles. The molecular weight excluding hydrogens is 434 g/mol.